The number of aryl methyl sites for hydroxylation is 1. The minimum atomic E-state index is -1.05. The first kappa shape index (κ1) is 17.8. The summed E-state index contributed by atoms with van der Waals surface area (Å²) in [7, 11) is 0. The summed E-state index contributed by atoms with van der Waals surface area (Å²) in [5.74, 6) is 0.360. The molecule has 3 heterocycles. The summed E-state index contributed by atoms with van der Waals surface area (Å²) in [5.41, 5.74) is 0.577. The molecular formula is C20H18FN5O2. The van der Waals surface area contributed by atoms with Crippen molar-refractivity contribution in [1.82, 2.24) is 20.3 Å². The second-order valence-corrected chi connectivity index (χ2v) is 6.47. The van der Waals surface area contributed by atoms with Crippen LogP contribution < -0.4 is 15.4 Å². The Balaban J connectivity index is 1.77. The molecule has 1 aliphatic rings. The first-order chi connectivity index (χ1) is 13.6. The number of fused-ring (bicyclic) bond motifs is 1. The summed E-state index contributed by atoms with van der Waals surface area (Å²) in [5, 5.41) is 5.57. The Bertz CT molecular complexity index is 1010. The number of benzene rings is 1. The zero-order valence-electron chi connectivity index (χ0n) is 15.1. The maximum atomic E-state index is 14.4. The van der Waals surface area contributed by atoms with E-state index in [0.717, 1.165) is 0 Å². The molecule has 3 aromatic rings. The average Bonchev–Trinajstić information content (AvgIpc) is 2.71. The Morgan fingerprint density at radius 1 is 1.14 bits per heavy atom. The number of anilines is 1. The van der Waals surface area contributed by atoms with E-state index in [1.54, 1.807) is 43.5 Å². The SMILES string of the molecule is Cc1ccc([C@@]2(NC(=O)Nc3ncccn3)CCOc3cccnc32)cc1F. The van der Waals surface area contributed by atoms with Crippen molar-refractivity contribution in [3.63, 3.8) is 0 Å². The summed E-state index contributed by atoms with van der Waals surface area (Å²) in [4.78, 5) is 25.2. The minimum Gasteiger partial charge on any atom is -0.491 e. The number of rotatable bonds is 3. The van der Waals surface area contributed by atoms with Crippen LogP contribution >= 0.6 is 0 Å². The Kier molecular flexibility index (Phi) is 4.60. The van der Waals surface area contributed by atoms with Crippen molar-refractivity contribution < 1.29 is 13.9 Å². The third-order valence-electron chi connectivity index (χ3n) is 4.69. The predicted octanol–water partition coefficient (Wildman–Crippen LogP) is 3.17. The third-order valence-corrected chi connectivity index (χ3v) is 4.69. The molecule has 0 saturated heterocycles. The van der Waals surface area contributed by atoms with Crippen LogP contribution in [0.15, 0.2) is 55.0 Å². The van der Waals surface area contributed by atoms with Crippen molar-refractivity contribution >= 4 is 12.0 Å². The summed E-state index contributed by atoms with van der Waals surface area (Å²) in [6.45, 7) is 2.03. The number of carbonyl (C=O) groups excluding carboxylic acids is 1. The second-order valence-electron chi connectivity index (χ2n) is 6.47. The highest BCUT2D eigenvalue weighted by Crippen LogP contribution is 2.40. The van der Waals surface area contributed by atoms with Crippen molar-refractivity contribution in [2.75, 3.05) is 11.9 Å². The number of hydrogen-bond acceptors (Lipinski definition) is 5. The van der Waals surface area contributed by atoms with E-state index in [4.69, 9.17) is 4.74 Å². The number of nitrogens with one attached hydrogen (secondary N) is 2. The van der Waals surface area contributed by atoms with Crippen LogP contribution in [0.1, 0.15) is 23.2 Å². The summed E-state index contributed by atoms with van der Waals surface area (Å²) < 4.78 is 20.1. The van der Waals surface area contributed by atoms with Gasteiger partial charge in [-0.2, -0.15) is 0 Å². The van der Waals surface area contributed by atoms with E-state index in [-0.39, 0.29) is 11.8 Å². The molecule has 8 heteroatoms. The fourth-order valence-corrected chi connectivity index (χ4v) is 3.28. The van der Waals surface area contributed by atoms with Gasteiger partial charge >= 0.3 is 6.03 Å². The number of halogens is 1. The van der Waals surface area contributed by atoms with Crippen molar-refractivity contribution in [3.8, 4) is 5.75 Å². The lowest BCUT2D eigenvalue weighted by Crippen LogP contribution is -2.51. The first-order valence-corrected chi connectivity index (χ1v) is 8.79. The van der Waals surface area contributed by atoms with Gasteiger partial charge in [-0.05, 0) is 42.3 Å². The maximum absolute atomic E-state index is 14.4. The molecule has 0 bridgehead atoms. The number of amides is 2. The van der Waals surface area contributed by atoms with Crippen LogP contribution in [-0.4, -0.2) is 27.6 Å². The Morgan fingerprint density at radius 3 is 2.71 bits per heavy atom. The number of aromatic nitrogens is 3. The lowest BCUT2D eigenvalue weighted by atomic mass is 9.81. The summed E-state index contributed by atoms with van der Waals surface area (Å²) in [6, 6.07) is 9.57. The highest BCUT2D eigenvalue weighted by Gasteiger charge is 2.42. The molecule has 142 valence electrons. The van der Waals surface area contributed by atoms with Crippen LogP contribution in [0, 0.1) is 12.7 Å². The molecular weight excluding hydrogens is 361 g/mol. The van der Waals surface area contributed by atoms with Crippen LogP contribution in [0.4, 0.5) is 15.1 Å². The molecule has 28 heavy (non-hydrogen) atoms. The number of urea groups is 1. The molecule has 2 amide bonds. The normalized spacial score (nSPS) is 17.9. The Morgan fingerprint density at radius 2 is 1.93 bits per heavy atom. The largest absolute Gasteiger partial charge is 0.491 e. The molecule has 0 radical (unpaired) electrons. The van der Waals surface area contributed by atoms with E-state index in [1.807, 2.05) is 0 Å². The molecule has 2 N–H and O–H groups in total. The second kappa shape index (κ2) is 7.22. The zero-order valence-corrected chi connectivity index (χ0v) is 15.1. The summed E-state index contributed by atoms with van der Waals surface area (Å²) >= 11 is 0. The number of hydrogen-bond donors (Lipinski definition) is 2. The summed E-state index contributed by atoms with van der Waals surface area (Å²) in [6.07, 6.45) is 5.06. The van der Waals surface area contributed by atoms with E-state index >= 15 is 0 Å². The Labute approximate surface area is 161 Å². The van der Waals surface area contributed by atoms with Gasteiger partial charge in [-0.15, -0.1) is 0 Å². The number of nitrogens with zero attached hydrogens (tertiary/aromatic N) is 3. The lowest BCUT2D eigenvalue weighted by molar-refractivity contribution is 0.200. The van der Waals surface area contributed by atoms with Gasteiger partial charge in [0.25, 0.3) is 0 Å². The van der Waals surface area contributed by atoms with Crippen molar-refractivity contribution in [3.05, 3.63) is 77.6 Å². The fourth-order valence-electron chi connectivity index (χ4n) is 3.28. The van der Waals surface area contributed by atoms with Gasteiger partial charge in [-0.1, -0.05) is 12.1 Å². The molecule has 2 aromatic heterocycles. The van der Waals surface area contributed by atoms with Gasteiger partial charge in [0.05, 0.1) is 6.61 Å². The first-order valence-electron chi connectivity index (χ1n) is 8.79. The van der Waals surface area contributed by atoms with Gasteiger partial charge in [0.1, 0.15) is 22.8 Å². The van der Waals surface area contributed by atoms with E-state index in [9.17, 15) is 9.18 Å². The molecule has 7 nitrogen and oxygen atoms in total. The molecule has 0 aliphatic carbocycles. The fraction of sp³-hybridized carbons (Fsp3) is 0.200. The third kappa shape index (κ3) is 3.24. The topological polar surface area (TPSA) is 89.0 Å². The van der Waals surface area contributed by atoms with Crippen LogP contribution in [0.25, 0.3) is 0 Å². The van der Waals surface area contributed by atoms with E-state index in [2.05, 4.69) is 25.6 Å². The van der Waals surface area contributed by atoms with Crippen LogP contribution in [0.2, 0.25) is 0 Å². The monoisotopic (exact) mass is 379 g/mol. The molecule has 0 spiro atoms. The molecule has 1 aromatic carbocycles. The standard InChI is InChI=1S/C20H18FN5O2/c1-13-5-6-14(12-15(13)21)20(7-11-28-16-4-2-8-22-17(16)20)26-19(27)25-18-23-9-3-10-24-18/h2-6,8-10,12H,7,11H2,1H3,(H2,23,24,25,26,27)/t20-/m0/s1. The van der Waals surface area contributed by atoms with Gasteiger partial charge < -0.3 is 10.1 Å². The highest BCUT2D eigenvalue weighted by molar-refractivity contribution is 5.88. The molecule has 0 unspecified atom stereocenters. The van der Waals surface area contributed by atoms with Crippen LogP contribution in [0.3, 0.4) is 0 Å². The molecule has 4 rings (SSSR count). The molecule has 0 saturated carbocycles. The predicted molar refractivity (Wildman–Crippen MR) is 100 cm³/mol. The quantitative estimate of drug-likeness (QED) is 0.730. The van der Waals surface area contributed by atoms with Gasteiger partial charge in [0, 0.05) is 25.0 Å². The van der Waals surface area contributed by atoms with E-state index in [1.165, 1.54) is 18.5 Å². The van der Waals surface area contributed by atoms with Crippen molar-refractivity contribution in [2.45, 2.75) is 18.9 Å². The van der Waals surface area contributed by atoms with Gasteiger partial charge in [0.2, 0.25) is 5.95 Å². The van der Waals surface area contributed by atoms with Gasteiger partial charge in [-0.3, -0.25) is 10.3 Å². The maximum Gasteiger partial charge on any atom is 0.322 e. The average molecular weight is 379 g/mol. The molecule has 1 aliphatic heterocycles. The number of pyridine rings is 1. The molecule has 0 fully saturated rings. The lowest BCUT2D eigenvalue weighted by Gasteiger charge is -2.38. The van der Waals surface area contributed by atoms with Crippen LogP contribution in [-0.2, 0) is 5.54 Å². The number of ether oxygens (including phenoxy) is 1. The van der Waals surface area contributed by atoms with E-state index < -0.39 is 11.6 Å². The van der Waals surface area contributed by atoms with E-state index in [0.29, 0.717) is 35.6 Å². The smallest absolute Gasteiger partial charge is 0.322 e. The minimum absolute atomic E-state index is 0.165. The number of carbonyl (C=O) groups is 1. The van der Waals surface area contributed by atoms with Gasteiger partial charge in [0.15, 0.2) is 0 Å². The highest BCUT2D eigenvalue weighted by atomic mass is 19.1. The Hall–Kier alpha value is -3.55. The zero-order chi connectivity index (χ0) is 19.6. The molecule has 1 atom stereocenters. The van der Waals surface area contributed by atoms with Crippen molar-refractivity contribution in [1.29, 1.82) is 0 Å². The van der Waals surface area contributed by atoms with Crippen molar-refractivity contribution in [2.24, 2.45) is 0 Å². The van der Waals surface area contributed by atoms with Crippen LogP contribution in [0.5, 0.6) is 5.75 Å². The van der Waals surface area contributed by atoms with Gasteiger partial charge in [-0.25, -0.2) is 19.2 Å².